The van der Waals surface area contributed by atoms with Crippen LogP contribution in [0.2, 0.25) is 4.34 Å². The van der Waals surface area contributed by atoms with Crippen molar-refractivity contribution in [2.45, 2.75) is 12.8 Å². The summed E-state index contributed by atoms with van der Waals surface area (Å²) in [7, 11) is 0. The number of likely N-dealkylation sites (N-methyl/N-ethyl adjacent to an activating group) is 1. The highest BCUT2D eigenvalue weighted by Gasteiger charge is 2.52. The summed E-state index contributed by atoms with van der Waals surface area (Å²) in [6, 6.07) is 10.0. The molecule has 0 fully saturated rings. The van der Waals surface area contributed by atoms with E-state index in [0.29, 0.717) is 28.6 Å². The molecule has 3 rings (SSSR count). The summed E-state index contributed by atoms with van der Waals surface area (Å²) in [6.07, 6.45) is 1.94. The van der Waals surface area contributed by atoms with Crippen LogP contribution in [0.15, 0.2) is 35.1 Å². The van der Waals surface area contributed by atoms with E-state index in [0.717, 1.165) is 11.4 Å². The van der Waals surface area contributed by atoms with Crippen LogP contribution in [-0.4, -0.2) is 24.5 Å². The Morgan fingerprint density at radius 1 is 1.36 bits per heavy atom. The van der Waals surface area contributed by atoms with Crippen molar-refractivity contribution in [3.05, 3.63) is 44.3 Å². The zero-order valence-corrected chi connectivity index (χ0v) is 15.2. The van der Waals surface area contributed by atoms with Gasteiger partial charge in [0.1, 0.15) is 0 Å². The highest BCUT2D eigenvalue weighted by atomic mass is 35.5. The third-order valence-corrected chi connectivity index (χ3v) is 6.38. The molecule has 0 saturated heterocycles. The number of hydrogen-bond acceptors (Lipinski definition) is 6. The van der Waals surface area contributed by atoms with Crippen LogP contribution in [0.25, 0.3) is 0 Å². The zero-order chi connectivity index (χ0) is 18.2. The lowest BCUT2D eigenvalue weighted by atomic mass is 9.61. The Hall–Kier alpha value is -2.30. The number of nitriles is 3. The number of hydrogen-bond donors (Lipinski definition) is 1. The van der Waals surface area contributed by atoms with Crippen LogP contribution in [0, 0.1) is 45.3 Å². The Kier molecular flexibility index (Phi) is 4.58. The molecule has 1 aliphatic carbocycles. The molecule has 7 heteroatoms. The number of nitrogens with two attached hydrogens (primary N) is 1. The third kappa shape index (κ3) is 2.53. The Labute approximate surface area is 155 Å². The van der Waals surface area contributed by atoms with Crippen LogP contribution in [0.5, 0.6) is 0 Å². The molecule has 2 N–H and O–H groups in total. The van der Waals surface area contributed by atoms with Crippen molar-refractivity contribution in [2.75, 3.05) is 19.6 Å². The van der Waals surface area contributed by atoms with Crippen LogP contribution in [0.3, 0.4) is 0 Å². The topological polar surface area (TPSA) is 101 Å². The largest absolute Gasteiger partial charge is 0.399 e. The van der Waals surface area contributed by atoms with Gasteiger partial charge in [-0.15, -0.1) is 11.3 Å². The number of thiophene rings is 1. The third-order valence-electron chi connectivity index (χ3n) is 5.07. The van der Waals surface area contributed by atoms with Gasteiger partial charge in [-0.25, -0.2) is 0 Å². The number of fused-ring (bicyclic) bond motifs is 1. The van der Waals surface area contributed by atoms with Gasteiger partial charge in [0.15, 0.2) is 0 Å². The molecule has 1 aromatic rings. The fourth-order valence-corrected chi connectivity index (χ4v) is 5.01. The molecule has 0 saturated carbocycles. The lowest BCUT2D eigenvalue weighted by Gasteiger charge is -2.44. The van der Waals surface area contributed by atoms with Gasteiger partial charge in [-0.1, -0.05) is 24.6 Å². The molecule has 1 aromatic heterocycles. The van der Waals surface area contributed by atoms with Crippen LogP contribution >= 0.6 is 22.9 Å². The minimum atomic E-state index is -1.56. The maximum atomic E-state index is 9.78. The van der Waals surface area contributed by atoms with E-state index in [1.54, 1.807) is 6.07 Å². The highest BCUT2D eigenvalue weighted by molar-refractivity contribution is 7.16. The summed E-state index contributed by atoms with van der Waals surface area (Å²) in [6.45, 7) is 4.26. The summed E-state index contributed by atoms with van der Waals surface area (Å²) in [5.41, 5.74) is 5.75. The molecule has 2 aliphatic rings. The van der Waals surface area contributed by atoms with Crippen molar-refractivity contribution < 1.29 is 0 Å². The molecule has 0 amide bonds. The average molecular weight is 370 g/mol. The minimum absolute atomic E-state index is 0.0574. The summed E-state index contributed by atoms with van der Waals surface area (Å²) in [4.78, 5) is 3.16. The van der Waals surface area contributed by atoms with Crippen molar-refractivity contribution in [1.29, 1.82) is 15.8 Å². The van der Waals surface area contributed by atoms with E-state index in [1.165, 1.54) is 11.3 Å². The highest BCUT2D eigenvalue weighted by Crippen LogP contribution is 2.53. The van der Waals surface area contributed by atoms with Crippen molar-refractivity contribution in [3.63, 3.8) is 0 Å². The molecule has 126 valence electrons. The van der Waals surface area contributed by atoms with Crippen molar-refractivity contribution in [2.24, 2.45) is 17.1 Å². The van der Waals surface area contributed by atoms with Crippen LogP contribution < -0.4 is 5.73 Å². The maximum Gasteiger partial charge on any atom is 0.204 e. The summed E-state index contributed by atoms with van der Waals surface area (Å²) in [5.74, 6) is -0.428. The Morgan fingerprint density at radius 3 is 2.60 bits per heavy atom. The van der Waals surface area contributed by atoms with E-state index >= 15 is 0 Å². The van der Waals surface area contributed by atoms with Crippen LogP contribution in [0.1, 0.15) is 17.7 Å². The smallest absolute Gasteiger partial charge is 0.204 e. The van der Waals surface area contributed by atoms with E-state index in [-0.39, 0.29) is 17.5 Å². The molecular weight excluding hydrogens is 354 g/mol. The first-order valence-electron chi connectivity index (χ1n) is 7.93. The molecule has 1 aliphatic heterocycles. The van der Waals surface area contributed by atoms with Gasteiger partial charge in [0.2, 0.25) is 5.41 Å². The molecule has 0 radical (unpaired) electrons. The quantitative estimate of drug-likeness (QED) is 0.807. The first-order valence-corrected chi connectivity index (χ1v) is 9.12. The van der Waals surface area contributed by atoms with Gasteiger partial charge in [-0.05, 0) is 24.3 Å². The van der Waals surface area contributed by atoms with Gasteiger partial charge in [0.25, 0.3) is 0 Å². The standard InChI is InChI=1S/C18H16ClN5S/c1-2-24-6-5-13-12(8-24)16(14-3-4-15(19)25-14)11(7-20)17(23)18(13,9-21)10-22/h3-5,12,16H,2,6,8,23H2,1H3/t12-,16-/m0/s1. The fraction of sp³-hybridized carbons (Fsp3) is 0.389. The molecule has 2 heterocycles. The number of halogens is 1. The fourth-order valence-electron chi connectivity index (χ4n) is 3.77. The van der Waals surface area contributed by atoms with Crippen molar-refractivity contribution >= 4 is 22.9 Å². The Morgan fingerprint density at radius 2 is 2.08 bits per heavy atom. The first kappa shape index (κ1) is 17.5. The molecule has 0 bridgehead atoms. The van der Waals surface area contributed by atoms with Crippen molar-refractivity contribution in [3.8, 4) is 18.2 Å². The normalized spacial score (nSPS) is 25.3. The van der Waals surface area contributed by atoms with Gasteiger partial charge in [0.05, 0.1) is 33.8 Å². The molecular formula is C18H16ClN5S. The average Bonchev–Trinajstić information content (AvgIpc) is 3.06. The SMILES string of the molecule is CCN1CC=C2[C@H](C1)[C@@H](c1ccc(Cl)s1)C(C#N)=C(N)C2(C#N)C#N. The van der Waals surface area contributed by atoms with E-state index in [2.05, 4.69) is 30.0 Å². The van der Waals surface area contributed by atoms with E-state index in [9.17, 15) is 15.8 Å². The zero-order valence-electron chi connectivity index (χ0n) is 13.7. The monoisotopic (exact) mass is 369 g/mol. The second kappa shape index (κ2) is 6.54. The Balaban J connectivity index is 2.28. The Bertz CT molecular complexity index is 878. The molecule has 5 nitrogen and oxygen atoms in total. The second-order valence-electron chi connectivity index (χ2n) is 6.15. The van der Waals surface area contributed by atoms with Crippen LogP contribution in [0.4, 0.5) is 0 Å². The summed E-state index contributed by atoms with van der Waals surface area (Å²) in [5, 5.41) is 29.3. The summed E-state index contributed by atoms with van der Waals surface area (Å²) >= 11 is 7.52. The van der Waals surface area contributed by atoms with Gasteiger partial charge in [-0.3, -0.25) is 4.90 Å². The predicted octanol–water partition coefficient (Wildman–Crippen LogP) is 3.15. The number of allylic oxidation sites excluding steroid dienone is 2. The van der Waals surface area contributed by atoms with E-state index < -0.39 is 5.41 Å². The number of nitrogens with zero attached hydrogens (tertiary/aromatic N) is 4. The predicted molar refractivity (Wildman–Crippen MR) is 96.2 cm³/mol. The number of rotatable bonds is 2. The lowest BCUT2D eigenvalue weighted by molar-refractivity contribution is 0.235. The summed E-state index contributed by atoms with van der Waals surface area (Å²) < 4.78 is 0.636. The van der Waals surface area contributed by atoms with Gasteiger partial charge >= 0.3 is 0 Å². The van der Waals surface area contributed by atoms with E-state index in [1.807, 2.05) is 12.1 Å². The van der Waals surface area contributed by atoms with Gasteiger partial charge < -0.3 is 5.73 Å². The molecule has 0 unspecified atom stereocenters. The molecule has 0 aromatic carbocycles. The molecule has 25 heavy (non-hydrogen) atoms. The molecule has 0 spiro atoms. The lowest BCUT2D eigenvalue weighted by Crippen LogP contribution is -2.47. The minimum Gasteiger partial charge on any atom is -0.399 e. The van der Waals surface area contributed by atoms with Crippen molar-refractivity contribution in [1.82, 2.24) is 4.90 Å². The van der Waals surface area contributed by atoms with E-state index in [4.69, 9.17) is 17.3 Å². The molecule has 2 atom stereocenters. The second-order valence-corrected chi connectivity index (χ2v) is 7.90. The first-order chi connectivity index (χ1) is 12.0. The van der Waals surface area contributed by atoms with Gasteiger partial charge in [0, 0.05) is 29.8 Å². The van der Waals surface area contributed by atoms with Crippen LogP contribution in [-0.2, 0) is 0 Å². The van der Waals surface area contributed by atoms with Gasteiger partial charge in [-0.2, -0.15) is 15.8 Å². The maximum absolute atomic E-state index is 9.78.